The lowest BCUT2D eigenvalue weighted by Gasteiger charge is -2.05. The standard InChI is InChI=1S/C14H11N3O3/c18-13-6-9-5-8(1-2-10(9)17-13)11-3-4-15-12(16-11)7-14(19)20/h1-5H,6-7H2,(H,17,18)(H,19,20). The van der Waals surface area contributed by atoms with Gasteiger partial charge in [-0.15, -0.1) is 0 Å². The molecule has 0 radical (unpaired) electrons. The van der Waals surface area contributed by atoms with Crippen molar-refractivity contribution in [2.75, 3.05) is 5.32 Å². The lowest BCUT2D eigenvalue weighted by Crippen LogP contribution is -2.05. The Bertz CT molecular complexity index is 713. The maximum atomic E-state index is 11.3. The first-order valence-electron chi connectivity index (χ1n) is 6.09. The average Bonchev–Trinajstić information content (AvgIpc) is 2.77. The zero-order chi connectivity index (χ0) is 14.1. The van der Waals surface area contributed by atoms with E-state index in [2.05, 4.69) is 15.3 Å². The fraction of sp³-hybridized carbons (Fsp3) is 0.143. The van der Waals surface area contributed by atoms with Crippen LogP contribution in [0.15, 0.2) is 30.5 Å². The normalized spacial score (nSPS) is 12.9. The van der Waals surface area contributed by atoms with E-state index < -0.39 is 5.97 Å². The molecule has 1 aromatic heterocycles. The molecule has 1 aromatic carbocycles. The fourth-order valence-corrected chi connectivity index (χ4v) is 2.17. The number of benzene rings is 1. The van der Waals surface area contributed by atoms with E-state index in [1.807, 2.05) is 18.2 Å². The largest absolute Gasteiger partial charge is 0.481 e. The van der Waals surface area contributed by atoms with E-state index in [1.165, 1.54) is 6.20 Å². The van der Waals surface area contributed by atoms with Gasteiger partial charge < -0.3 is 10.4 Å². The number of carbonyl (C=O) groups is 2. The Morgan fingerprint density at radius 2 is 2.20 bits per heavy atom. The minimum absolute atomic E-state index is 0.0218. The van der Waals surface area contributed by atoms with Gasteiger partial charge in [0, 0.05) is 17.4 Å². The van der Waals surface area contributed by atoms with Crippen molar-refractivity contribution in [3.05, 3.63) is 41.9 Å². The van der Waals surface area contributed by atoms with Gasteiger partial charge in [0.05, 0.1) is 12.1 Å². The van der Waals surface area contributed by atoms with Crippen LogP contribution in [0.25, 0.3) is 11.3 Å². The Hall–Kier alpha value is -2.76. The first-order chi connectivity index (χ1) is 9.61. The first kappa shape index (κ1) is 12.3. The van der Waals surface area contributed by atoms with E-state index in [1.54, 1.807) is 6.07 Å². The van der Waals surface area contributed by atoms with Crippen molar-refractivity contribution >= 4 is 17.6 Å². The quantitative estimate of drug-likeness (QED) is 0.875. The van der Waals surface area contributed by atoms with Crippen molar-refractivity contribution in [2.45, 2.75) is 12.8 Å². The Morgan fingerprint density at radius 3 is 3.00 bits per heavy atom. The average molecular weight is 269 g/mol. The summed E-state index contributed by atoms with van der Waals surface area (Å²) in [7, 11) is 0. The van der Waals surface area contributed by atoms with E-state index in [9.17, 15) is 9.59 Å². The van der Waals surface area contributed by atoms with Crippen LogP contribution in [0.5, 0.6) is 0 Å². The van der Waals surface area contributed by atoms with Gasteiger partial charge >= 0.3 is 5.97 Å². The van der Waals surface area contributed by atoms with Crippen LogP contribution in [-0.2, 0) is 22.4 Å². The molecule has 1 aliphatic rings. The topological polar surface area (TPSA) is 92.2 Å². The molecule has 2 aromatic rings. The molecule has 2 N–H and O–H groups in total. The molecule has 6 nitrogen and oxygen atoms in total. The van der Waals surface area contributed by atoms with Crippen LogP contribution < -0.4 is 5.32 Å². The second-order valence-corrected chi connectivity index (χ2v) is 4.53. The summed E-state index contributed by atoms with van der Waals surface area (Å²) in [5.74, 6) is -0.720. The van der Waals surface area contributed by atoms with Crippen LogP contribution in [0.3, 0.4) is 0 Å². The molecule has 0 atom stereocenters. The molecule has 0 aliphatic carbocycles. The highest BCUT2D eigenvalue weighted by Gasteiger charge is 2.18. The molecular formula is C14H11N3O3. The molecule has 1 amide bonds. The molecular weight excluding hydrogens is 258 g/mol. The van der Waals surface area contributed by atoms with Crippen LogP contribution in [0.4, 0.5) is 5.69 Å². The van der Waals surface area contributed by atoms with Crippen molar-refractivity contribution in [1.29, 1.82) is 0 Å². The summed E-state index contributed by atoms with van der Waals surface area (Å²) in [5, 5.41) is 11.5. The number of carbonyl (C=O) groups excluding carboxylic acids is 1. The maximum Gasteiger partial charge on any atom is 0.311 e. The number of carboxylic acid groups (broad SMARTS) is 1. The van der Waals surface area contributed by atoms with Gasteiger partial charge in [-0.25, -0.2) is 9.97 Å². The molecule has 0 saturated heterocycles. The third-order valence-electron chi connectivity index (χ3n) is 3.04. The Labute approximate surface area is 114 Å². The second-order valence-electron chi connectivity index (χ2n) is 4.53. The molecule has 20 heavy (non-hydrogen) atoms. The molecule has 0 spiro atoms. The highest BCUT2D eigenvalue weighted by atomic mass is 16.4. The van der Waals surface area contributed by atoms with E-state index in [4.69, 9.17) is 5.11 Å². The number of hydrogen-bond donors (Lipinski definition) is 2. The summed E-state index contributed by atoms with van der Waals surface area (Å²) in [4.78, 5) is 30.2. The number of amides is 1. The smallest absolute Gasteiger partial charge is 0.311 e. The zero-order valence-corrected chi connectivity index (χ0v) is 10.5. The minimum atomic E-state index is -0.967. The Balaban J connectivity index is 1.95. The van der Waals surface area contributed by atoms with Gasteiger partial charge in [-0.3, -0.25) is 9.59 Å². The SMILES string of the molecule is O=C(O)Cc1nccc(-c2ccc3c(c2)CC(=O)N3)n1. The van der Waals surface area contributed by atoms with Gasteiger partial charge in [0.2, 0.25) is 5.91 Å². The van der Waals surface area contributed by atoms with Crippen LogP contribution in [0.1, 0.15) is 11.4 Å². The number of nitrogens with one attached hydrogen (secondary N) is 1. The number of fused-ring (bicyclic) bond motifs is 1. The Kier molecular flexibility index (Phi) is 2.90. The van der Waals surface area contributed by atoms with Crippen molar-refractivity contribution < 1.29 is 14.7 Å². The van der Waals surface area contributed by atoms with E-state index in [0.29, 0.717) is 12.1 Å². The summed E-state index contributed by atoms with van der Waals surface area (Å²) in [5.41, 5.74) is 3.23. The predicted molar refractivity (Wildman–Crippen MR) is 71.1 cm³/mol. The van der Waals surface area contributed by atoms with E-state index >= 15 is 0 Å². The number of aromatic nitrogens is 2. The maximum absolute atomic E-state index is 11.3. The highest BCUT2D eigenvalue weighted by Crippen LogP contribution is 2.28. The summed E-state index contributed by atoms with van der Waals surface area (Å²) in [6.07, 6.45) is 1.69. The number of nitrogens with zero attached hydrogens (tertiary/aromatic N) is 2. The van der Waals surface area contributed by atoms with E-state index in [0.717, 1.165) is 16.8 Å². The summed E-state index contributed by atoms with van der Waals surface area (Å²) in [6, 6.07) is 7.28. The molecule has 0 fully saturated rings. The molecule has 0 unspecified atom stereocenters. The van der Waals surface area contributed by atoms with Gasteiger partial charge in [0.25, 0.3) is 0 Å². The fourth-order valence-electron chi connectivity index (χ4n) is 2.17. The van der Waals surface area contributed by atoms with Crippen molar-refractivity contribution in [3.8, 4) is 11.3 Å². The number of hydrogen-bond acceptors (Lipinski definition) is 4. The van der Waals surface area contributed by atoms with Crippen LogP contribution in [0.2, 0.25) is 0 Å². The van der Waals surface area contributed by atoms with Gasteiger partial charge in [-0.05, 0) is 23.8 Å². The molecule has 0 saturated carbocycles. The molecule has 100 valence electrons. The van der Waals surface area contributed by atoms with Crippen LogP contribution >= 0.6 is 0 Å². The molecule has 6 heteroatoms. The second kappa shape index (κ2) is 4.73. The number of anilines is 1. The van der Waals surface area contributed by atoms with Gasteiger partial charge in [0.1, 0.15) is 12.2 Å². The first-order valence-corrected chi connectivity index (χ1v) is 6.09. The number of aliphatic carboxylic acids is 1. The van der Waals surface area contributed by atoms with Crippen LogP contribution in [0, 0.1) is 0 Å². The van der Waals surface area contributed by atoms with Crippen molar-refractivity contribution in [3.63, 3.8) is 0 Å². The van der Waals surface area contributed by atoms with Crippen molar-refractivity contribution in [2.24, 2.45) is 0 Å². The monoisotopic (exact) mass is 269 g/mol. The predicted octanol–water partition coefficient (Wildman–Crippen LogP) is 1.27. The van der Waals surface area contributed by atoms with Crippen LogP contribution in [-0.4, -0.2) is 27.0 Å². The third-order valence-corrected chi connectivity index (χ3v) is 3.04. The van der Waals surface area contributed by atoms with Gasteiger partial charge in [-0.1, -0.05) is 6.07 Å². The summed E-state index contributed by atoms with van der Waals surface area (Å²) < 4.78 is 0. The third kappa shape index (κ3) is 2.35. The number of carboxylic acids is 1. The minimum Gasteiger partial charge on any atom is -0.481 e. The molecule has 2 heterocycles. The number of rotatable bonds is 3. The van der Waals surface area contributed by atoms with Crippen molar-refractivity contribution in [1.82, 2.24) is 9.97 Å². The zero-order valence-electron chi connectivity index (χ0n) is 10.5. The van der Waals surface area contributed by atoms with E-state index in [-0.39, 0.29) is 18.2 Å². The van der Waals surface area contributed by atoms with Gasteiger partial charge in [0.15, 0.2) is 0 Å². The lowest BCUT2D eigenvalue weighted by molar-refractivity contribution is -0.136. The van der Waals surface area contributed by atoms with Gasteiger partial charge in [-0.2, -0.15) is 0 Å². The Morgan fingerprint density at radius 1 is 1.35 bits per heavy atom. The summed E-state index contributed by atoms with van der Waals surface area (Å²) >= 11 is 0. The molecule has 3 rings (SSSR count). The summed E-state index contributed by atoms with van der Waals surface area (Å²) in [6.45, 7) is 0. The highest BCUT2D eigenvalue weighted by molar-refractivity contribution is 5.99. The molecule has 1 aliphatic heterocycles. The lowest BCUT2D eigenvalue weighted by atomic mass is 10.1. The molecule has 0 bridgehead atoms.